The Balaban J connectivity index is 2.79. The number of ether oxygens (including phenoxy) is 2. The van der Waals surface area contributed by atoms with Gasteiger partial charge in [-0.05, 0) is 24.6 Å². The SMILES string of the molecule is COc1ccc(CO[C@@H]([C@H](C)/C=C(C)/C=C/[Si](C)(C)C)[C@@H](C)CO)cc1. The van der Waals surface area contributed by atoms with Crippen LogP contribution in [0.25, 0.3) is 0 Å². The second-order valence-electron chi connectivity index (χ2n) is 8.25. The summed E-state index contributed by atoms with van der Waals surface area (Å²) in [5.74, 6) is 1.14. The zero-order valence-corrected chi connectivity index (χ0v) is 18.5. The Kier molecular flexibility index (Phi) is 9.34. The minimum Gasteiger partial charge on any atom is -0.497 e. The first kappa shape index (κ1) is 22.7. The van der Waals surface area contributed by atoms with Crippen LogP contribution in [0.15, 0.2) is 47.7 Å². The van der Waals surface area contributed by atoms with E-state index in [2.05, 4.69) is 51.3 Å². The molecule has 3 nitrogen and oxygen atoms in total. The second-order valence-corrected chi connectivity index (χ2v) is 13.3. The van der Waals surface area contributed by atoms with E-state index in [1.54, 1.807) is 7.11 Å². The van der Waals surface area contributed by atoms with Crippen molar-refractivity contribution in [1.29, 1.82) is 0 Å². The Morgan fingerprint density at radius 1 is 1.15 bits per heavy atom. The van der Waals surface area contributed by atoms with Gasteiger partial charge in [-0.2, -0.15) is 0 Å². The minimum absolute atomic E-state index is 0.0302. The maximum absolute atomic E-state index is 9.64. The molecule has 26 heavy (non-hydrogen) atoms. The molecule has 0 saturated heterocycles. The van der Waals surface area contributed by atoms with E-state index >= 15 is 0 Å². The van der Waals surface area contributed by atoms with E-state index in [0.717, 1.165) is 11.3 Å². The first-order valence-corrected chi connectivity index (χ1v) is 13.0. The Bertz CT molecular complexity index is 584. The van der Waals surface area contributed by atoms with Crippen LogP contribution in [0.4, 0.5) is 0 Å². The number of methoxy groups -OCH3 is 1. The smallest absolute Gasteiger partial charge is 0.118 e. The maximum Gasteiger partial charge on any atom is 0.118 e. The van der Waals surface area contributed by atoms with Crippen LogP contribution in [0, 0.1) is 11.8 Å². The number of aliphatic hydroxyl groups excluding tert-OH is 1. The van der Waals surface area contributed by atoms with Gasteiger partial charge in [0, 0.05) is 18.4 Å². The Hall–Kier alpha value is -1.36. The van der Waals surface area contributed by atoms with Gasteiger partial charge in [0.25, 0.3) is 0 Å². The first-order chi connectivity index (χ1) is 12.2. The zero-order valence-electron chi connectivity index (χ0n) is 17.5. The minimum atomic E-state index is -1.20. The molecule has 0 aliphatic rings. The first-order valence-electron chi connectivity index (χ1n) is 9.39. The number of rotatable bonds is 10. The van der Waals surface area contributed by atoms with Crippen molar-refractivity contribution in [2.24, 2.45) is 11.8 Å². The molecule has 146 valence electrons. The molecule has 3 atom stereocenters. The third-order valence-corrected chi connectivity index (χ3v) is 5.51. The van der Waals surface area contributed by atoms with Gasteiger partial charge in [-0.3, -0.25) is 0 Å². The van der Waals surface area contributed by atoms with Gasteiger partial charge < -0.3 is 14.6 Å². The summed E-state index contributed by atoms with van der Waals surface area (Å²) in [5.41, 5.74) is 4.71. The fourth-order valence-corrected chi connectivity index (χ4v) is 3.56. The van der Waals surface area contributed by atoms with Gasteiger partial charge >= 0.3 is 0 Å². The molecule has 0 radical (unpaired) electrons. The lowest BCUT2D eigenvalue weighted by Crippen LogP contribution is -2.30. The normalized spacial score (nSPS) is 16.5. The summed E-state index contributed by atoms with van der Waals surface area (Å²) in [6, 6.07) is 7.92. The average Bonchev–Trinajstić information content (AvgIpc) is 2.59. The number of hydrogen-bond donors (Lipinski definition) is 1. The van der Waals surface area contributed by atoms with Crippen molar-refractivity contribution >= 4 is 8.07 Å². The van der Waals surface area contributed by atoms with E-state index in [4.69, 9.17) is 9.47 Å². The summed E-state index contributed by atoms with van der Waals surface area (Å²) in [6.07, 6.45) is 4.45. The van der Waals surface area contributed by atoms with Crippen molar-refractivity contribution in [2.75, 3.05) is 13.7 Å². The molecule has 0 bridgehead atoms. The average molecular weight is 377 g/mol. The highest BCUT2D eigenvalue weighted by molar-refractivity contribution is 6.81. The number of hydrogen-bond acceptors (Lipinski definition) is 3. The molecular formula is C22H36O3Si. The largest absolute Gasteiger partial charge is 0.497 e. The predicted molar refractivity (Wildman–Crippen MR) is 113 cm³/mol. The summed E-state index contributed by atoms with van der Waals surface area (Å²) in [7, 11) is 0.467. The molecule has 0 amide bonds. The molecule has 0 aromatic heterocycles. The Morgan fingerprint density at radius 2 is 1.77 bits per heavy atom. The lowest BCUT2D eigenvalue weighted by Gasteiger charge is -2.27. The molecule has 0 unspecified atom stereocenters. The van der Waals surface area contributed by atoms with Crippen LogP contribution in [0.5, 0.6) is 5.75 Å². The predicted octanol–water partition coefficient (Wildman–Crippen LogP) is 5.22. The molecule has 0 aliphatic carbocycles. The van der Waals surface area contributed by atoms with Gasteiger partial charge in [0.05, 0.1) is 27.9 Å². The van der Waals surface area contributed by atoms with Crippen molar-refractivity contribution in [2.45, 2.75) is 53.1 Å². The number of allylic oxidation sites excluding steroid dienone is 2. The van der Waals surface area contributed by atoms with Gasteiger partial charge in [0.1, 0.15) is 5.75 Å². The molecule has 0 spiro atoms. The van der Waals surface area contributed by atoms with Gasteiger partial charge in [-0.1, -0.05) is 69.0 Å². The highest BCUT2D eigenvalue weighted by atomic mass is 28.3. The molecule has 0 heterocycles. The monoisotopic (exact) mass is 376 g/mol. The van der Waals surface area contributed by atoms with Crippen LogP contribution in [0.3, 0.4) is 0 Å². The standard InChI is InChI=1S/C22H36O3Si/c1-17(12-13-26(5,6)7)14-18(2)22(19(3)15-23)25-16-20-8-10-21(24-4)11-9-20/h8-14,18-19,22-23H,15-16H2,1-7H3/b13-12+,17-14+/t18-,19+,22+/m1/s1. The van der Waals surface area contributed by atoms with E-state index in [0.29, 0.717) is 6.61 Å². The topological polar surface area (TPSA) is 38.7 Å². The van der Waals surface area contributed by atoms with E-state index in [1.807, 2.05) is 31.2 Å². The van der Waals surface area contributed by atoms with Crippen LogP contribution in [0.1, 0.15) is 26.3 Å². The van der Waals surface area contributed by atoms with Crippen molar-refractivity contribution < 1.29 is 14.6 Å². The van der Waals surface area contributed by atoms with Crippen LogP contribution >= 0.6 is 0 Å². The van der Waals surface area contributed by atoms with Crippen LogP contribution in [0.2, 0.25) is 19.6 Å². The van der Waals surface area contributed by atoms with E-state index in [-0.39, 0.29) is 24.5 Å². The Morgan fingerprint density at radius 3 is 2.27 bits per heavy atom. The van der Waals surface area contributed by atoms with E-state index < -0.39 is 8.07 Å². The fraction of sp³-hybridized carbons (Fsp3) is 0.545. The molecule has 1 N–H and O–H groups in total. The van der Waals surface area contributed by atoms with Crippen molar-refractivity contribution in [3.05, 3.63) is 53.3 Å². The van der Waals surface area contributed by atoms with Crippen LogP contribution in [-0.2, 0) is 11.3 Å². The van der Waals surface area contributed by atoms with Gasteiger partial charge in [0.2, 0.25) is 0 Å². The van der Waals surface area contributed by atoms with E-state index in [9.17, 15) is 5.11 Å². The summed E-state index contributed by atoms with van der Waals surface area (Å²) in [5, 5.41) is 9.64. The van der Waals surface area contributed by atoms with E-state index in [1.165, 1.54) is 5.57 Å². The third kappa shape index (κ3) is 8.34. The highest BCUT2D eigenvalue weighted by Gasteiger charge is 2.23. The summed E-state index contributed by atoms with van der Waals surface area (Å²) < 4.78 is 11.4. The van der Waals surface area contributed by atoms with Crippen molar-refractivity contribution in [1.82, 2.24) is 0 Å². The van der Waals surface area contributed by atoms with Crippen molar-refractivity contribution in [3.63, 3.8) is 0 Å². The molecular weight excluding hydrogens is 340 g/mol. The van der Waals surface area contributed by atoms with Crippen molar-refractivity contribution in [3.8, 4) is 5.75 Å². The molecule has 1 aromatic carbocycles. The molecule has 1 rings (SSSR count). The number of benzene rings is 1. The highest BCUT2D eigenvalue weighted by Crippen LogP contribution is 2.22. The zero-order chi connectivity index (χ0) is 19.7. The van der Waals surface area contributed by atoms with Gasteiger partial charge in [-0.15, -0.1) is 0 Å². The lowest BCUT2D eigenvalue weighted by atomic mass is 9.92. The van der Waals surface area contributed by atoms with Crippen LogP contribution in [-0.4, -0.2) is 33.0 Å². The van der Waals surface area contributed by atoms with Gasteiger partial charge in [-0.25, -0.2) is 0 Å². The maximum atomic E-state index is 9.64. The summed E-state index contributed by atoms with van der Waals surface area (Å²) in [4.78, 5) is 0. The molecule has 0 fully saturated rings. The molecule has 0 aliphatic heterocycles. The molecule has 0 saturated carbocycles. The summed E-state index contributed by atoms with van der Waals surface area (Å²) in [6.45, 7) is 14.0. The fourth-order valence-electron chi connectivity index (χ4n) is 2.80. The number of aliphatic hydroxyl groups is 1. The lowest BCUT2D eigenvalue weighted by molar-refractivity contribution is -0.0309. The second kappa shape index (κ2) is 10.7. The molecule has 1 aromatic rings. The quantitative estimate of drug-likeness (QED) is 0.449. The van der Waals surface area contributed by atoms with Crippen LogP contribution < -0.4 is 4.74 Å². The molecule has 4 heteroatoms. The summed E-state index contributed by atoms with van der Waals surface area (Å²) >= 11 is 0. The Labute approximate surface area is 160 Å². The third-order valence-electron chi connectivity index (χ3n) is 4.34. The van der Waals surface area contributed by atoms with Gasteiger partial charge in [0.15, 0.2) is 0 Å².